The van der Waals surface area contributed by atoms with Crippen LogP contribution in [0.3, 0.4) is 0 Å². The molecule has 3 rings (SSSR count). The lowest BCUT2D eigenvalue weighted by Gasteiger charge is -2.21. The van der Waals surface area contributed by atoms with Crippen molar-refractivity contribution in [3.8, 4) is 0 Å². The van der Waals surface area contributed by atoms with Crippen LogP contribution in [0.4, 0.5) is 0 Å². The number of hydrogen-bond acceptors (Lipinski definition) is 4. The van der Waals surface area contributed by atoms with Crippen molar-refractivity contribution in [1.29, 1.82) is 0 Å². The van der Waals surface area contributed by atoms with E-state index in [-0.39, 0.29) is 0 Å². The molecule has 0 bridgehead atoms. The Hall–Kier alpha value is -2.02. The summed E-state index contributed by atoms with van der Waals surface area (Å²) in [6, 6.07) is 16.1. The lowest BCUT2D eigenvalue weighted by molar-refractivity contribution is 0.403. The van der Waals surface area contributed by atoms with E-state index >= 15 is 0 Å². The topological polar surface area (TPSA) is 50.3 Å². The number of sulfonamides is 1. The Balaban J connectivity index is 1.94. The zero-order valence-electron chi connectivity index (χ0n) is 12.4. The van der Waals surface area contributed by atoms with Gasteiger partial charge in [-0.25, -0.2) is 8.42 Å². The van der Waals surface area contributed by atoms with Gasteiger partial charge in [-0.05, 0) is 35.2 Å². The Morgan fingerprint density at radius 1 is 0.957 bits per heavy atom. The van der Waals surface area contributed by atoms with E-state index in [1.807, 2.05) is 35.7 Å². The van der Waals surface area contributed by atoms with Gasteiger partial charge in [0.2, 0.25) is 10.0 Å². The minimum absolute atomic E-state index is 0.295. The molecule has 0 fully saturated rings. The van der Waals surface area contributed by atoms with Crippen molar-refractivity contribution in [2.75, 3.05) is 0 Å². The van der Waals surface area contributed by atoms with Crippen LogP contribution in [0.25, 0.3) is 0 Å². The van der Waals surface area contributed by atoms with E-state index in [1.54, 1.807) is 48.0 Å². The van der Waals surface area contributed by atoms with E-state index < -0.39 is 10.0 Å². The summed E-state index contributed by atoms with van der Waals surface area (Å²) in [5.74, 6) is 0. The summed E-state index contributed by atoms with van der Waals surface area (Å²) in [5, 5.41) is 1.95. The zero-order valence-corrected chi connectivity index (χ0v) is 14.0. The van der Waals surface area contributed by atoms with Gasteiger partial charge in [0, 0.05) is 30.4 Å². The number of nitrogens with zero attached hydrogens (tertiary/aromatic N) is 2. The summed E-state index contributed by atoms with van der Waals surface area (Å²) >= 11 is 1.55. The van der Waals surface area contributed by atoms with Gasteiger partial charge in [-0.2, -0.15) is 4.31 Å². The minimum Gasteiger partial charge on any atom is -0.264 e. The van der Waals surface area contributed by atoms with E-state index in [2.05, 4.69) is 4.98 Å². The van der Waals surface area contributed by atoms with Gasteiger partial charge in [0.25, 0.3) is 0 Å². The molecular formula is C17H16N2O2S2. The largest absolute Gasteiger partial charge is 0.264 e. The minimum atomic E-state index is -3.56. The lowest BCUT2D eigenvalue weighted by Crippen LogP contribution is -2.30. The highest BCUT2D eigenvalue weighted by molar-refractivity contribution is 7.89. The normalized spacial score (nSPS) is 11.7. The highest BCUT2D eigenvalue weighted by Crippen LogP contribution is 2.22. The molecule has 0 aliphatic carbocycles. The summed E-state index contributed by atoms with van der Waals surface area (Å²) in [6.07, 6.45) is 3.38. The average molecular weight is 344 g/mol. The molecular weight excluding hydrogens is 328 g/mol. The van der Waals surface area contributed by atoms with Crippen molar-refractivity contribution in [2.24, 2.45) is 0 Å². The summed E-state index contributed by atoms with van der Waals surface area (Å²) in [6.45, 7) is 0.646. The fraction of sp³-hybridized carbons (Fsp3) is 0.118. The molecule has 3 aromatic rings. The fourth-order valence-corrected chi connectivity index (χ4v) is 4.47. The second kappa shape index (κ2) is 7.04. The highest BCUT2D eigenvalue weighted by atomic mass is 32.2. The molecule has 0 saturated carbocycles. The summed E-state index contributed by atoms with van der Waals surface area (Å²) in [7, 11) is -3.56. The number of benzene rings is 1. The Kier molecular flexibility index (Phi) is 4.85. The summed E-state index contributed by atoms with van der Waals surface area (Å²) < 4.78 is 27.4. The van der Waals surface area contributed by atoms with Gasteiger partial charge in [-0.15, -0.1) is 11.3 Å². The van der Waals surface area contributed by atoms with Crippen molar-refractivity contribution < 1.29 is 8.42 Å². The van der Waals surface area contributed by atoms with Crippen LogP contribution in [0.15, 0.2) is 77.3 Å². The first kappa shape index (κ1) is 15.9. The second-order valence-corrected chi connectivity index (χ2v) is 8.00. The molecule has 118 valence electrons. The van der Waals surface area contributed by atoms with Crippen LogP contribution < -0.4 is 0 Å². The van der Waals surface area contributed by atoms with Gasteiger partial charge in [-0.3, -0.25) is 4.98 Å². The van der Waals surface area contributed by atoms with Crippen molar-refractivity contribution in [1.82, 2.24) is 9.29 Å². The number of pyridine rings is 1. The summed E-state index contributed by atoms with van der Waals surface area (Å²) in [5.41, 5.74) is 0.864. The van der Waals surface area contributed by atoms with Crippen molar-refractivity contribution in [3.05, 3.63) is 82.8 Å². The molecule has 2 aromatic heterocycles. The van der Waals surface area contributed by atoms with Gasteiger partial charge < -0.3 is 0 Å². The molecule has 0 aliphatic rings. The number of aromatic nitrogens is 1. The molecule has 0 atom stereocenters. The molecule has 2 heterocycles. The van der Waals surface area contributed by atoms with Crippen LogP contribution in [0.1, 0.15) is 10.4 Å². The monoisotopic (exact) mass is 344 g/mol. The van der Waals surface area contributed by atoms with Gasteiger partial charge >= 0.3 is 0 Å². The van der Waals surface area contributed by atoms with Gasteiger partial charge in [-0.1, -0.05) is 30.3 Å². The predicted molar refractivity (Wildman–Crippen MR) is 91.4 cm³/mol. The molecule has 1 aromatic carbocycles. The van der Waals surface area contributed by atoms with E-state index in [9.17, 15) is 8.42 Å². The maximum atomic E-state index is 13.0. The smallest absolute Gasteiger partial charge is 0.243 e. The van der Waals surface area contributed by atoms with Gasteiger partial charge in [0.05, 0.1) is 4.90 Å². The second-order valence-electron chi connectivity index (χ2n) is 5.03. The maximum absolute atomic E-state index is 13.0. The Bertz CT molecular complexity index is 833. The van der Waals surface area contributed by atoms with Crippen LogP contribution >= 0.6 is 11.3 Å². The fourth-order valence-electron chi connectivity index (χ4n) is 2.24. The van der Waals surface area contributed by atoms with Crippen molar-refractivity contribution in [3.63, 3.8) is 0 Å². The molecule has 6 heteroatoms. The first-order valence-electron chi connectivity index (χ1n) is 7.13. The molecule has 4 nitrogen and oxygen atoms in total. The lowest BCUT2D eigenvalue weighted by atomic mass is 10.3. The van der Waals surface area contributed by atoms with E-state index in [0.717, 1.165) is 10.4 Å². The first-order valence-corrected chi connectivity index (χ1v) is 9.45. The van der Waals surface area contributed by atoms with Crippen LogP contribution in [-0.2, 0) is 23.1 Å². The molecule has 0 spiro atoms. The van der Waals surface area contributed by atoms with Crippen LogP contribution in [0, 0.1) is 0 Å². The van der Waals surface area contributed by atoms with Crippen molar-refractivity contribution >= 4 is 21.4 Å². The number of thiophene rings is 1. The van der Waals surface area contributed by atoms with Crippen LogP contribution in [0.5, 0.6) is 0 Å². The van der Waals surface area contributed by atoms with E-state index in [4.69, 9.17) is 0 Å². The van der Waals surface area contributed by atoms with E-state index in [0.29, 0.717) is 18.0 Å². The van der Waals surface area contributed by atoms with Crippen LogP contribution in [-0.4, -0.2) is 17.7 Å². The van der Waals surface area contributed by atoms with Crippen LogP contribution in [0.2, 0.25) is 0 Å². The number of hydrogen-bond donors (Lipinski definition) is 0. The Labute approximate surface area is 140 Å². The van der Waals surface area contributed by atoms with Gasteiger partial charge in [0.15, 0.2) is 0 Å². The zero-order chi connectivity index (χ0) is 16.1. The molecule has 0 aliphatic heterocycles. The third-order valence-corrected chi connectivity index (χ3v) is 6.04. The highest BCUT2D eigenvalue weighted by Gasteiger charge is 2.25. The number of rotatable bonds is 6. The molecule has 0 saturated heterocycles. The summed E-state index contributed by atoms with van der Waals surface area (Å²) in [4.78, 5) is 5.38. The quantitative estimate of drug-likeness (QED) is 0.687. The molecule has 0 N–H and O–H groups in total. The average Bonchev–Trinajstić information content (AvgIpc) is 3.09. The standard InChI is InChI=1S/C17H16N2O2S2/c20-23(21,17-8-2-1-3-9-17)19(14-16-7-5-11-22-16)13-15-6-4-10-18-12-15/h1-12H,13-14H2. The third-order valence-electron chi connectivity index (χ3n) is 3.37. The first-order chi connectivity index (χ1) is 11.2. The Morgan fingerprint density at radius 2 is 1.78 bits per heavy atom. The Morgan fingerprint density at radius 3 is 2.43 bits per heavy atom. The predicted octanol–water partition coefficient (Wildman–Crippen LogP) is 3.53. The SMILES string of the molecule is O=S(=O)(c1ccccc1)N(Cc1cccnc1)Cc1cccs1. The molecule has 0 amide bonds. The third kappa shape index (κ3) is 3.85. The maximum Gasteiger partial charge on any atom is 0.243 e. The molecule has 0 radical (unpaired) electrons. The molecule has 23 heavy (non-hydrogen) atoms. The van der Waals surface area contributed by atoms with E-state index in [1.165, 1.54) is 4.31 Å². The van der Waals surface area contributed by atoms with Crippen molar-refractivity contribution in [2.45, 2.75) is 18.0 Å². The molecule has 0 unspecified atom stereocenters. The van der Waals surface area contributed by atoms with Gasteiger partial charge in [0.1, 0.15) is 0 Å².